The third kappa shape index (κ3) is 3.58. The Hall–Kier alpha value is -1.79. The summed E-state index contributed by atoms with van der Waals surface area (Å²) >= 11 is 2.31. The number of halogens is 1. The summed E-state index contributed by atoms with van der Waals surface area (Å²) in [5.41, 5.74) is 2.87. The van der Waals surface area contributed by atoms with E-state index in [1.807, 2.05) is 36.6 Å². The highest BCUT2D eigenvalue weighted by molar-refractivity contribution is 14.1. The lowest BCUT2D eigenvalue weighted by Crippen LogP contribution is -2.31. The van der Waals surface area contributed by atoms with Crippen LogP contribution in [0.25, 0.3) is 5.52 Å². The van der Waals surface area contributed by atoms with Crippen molar-refractivity contribution >= 4 is 33.9 Å². The van der Waals surface area contributed by atoms with Crippen molar-refractivity contribution in [1.29, 1.82) is 0 Å². The predicted molar refractivity (Wildman–Crippen MR) is 118 cm³/mol. The smallest absolute Gasteiger partial charge is 0.164 e. The molecule has 1 aromatic carbocycles. The molecule has 4 heterocycles. The zero-order valence-electron chi connectivity index (χ0n) is 16.7. The van der Waals surface area contributed by atoms with E-state index in [-0.39, 0.29) is 18.8 Å². The summed E-state index contributed by atoms with van der Waals surface area (Å²) < 4.78 is 21.2. The minimum absolute atomic E-state index is 0.127. The molecule has 0 radical (unpaired) electrons. The van der Waals surface area contributed by atoms with Crippen LogP contribution in [-0.2, 0) is 20.8 Å². The summed E-state index contributed by atoms with van der Waals surface area (Å²) in [5.74, 6) is 0.0273. The molecule has 0 bridgehead atoms. The maximum absolute atomic E-state index is 9.75. The molecule has 30 heavy (non-hydrogen) atoms. The predicted octanol–water partition coefficient (Wildman–Crippen LogP) is 2.90. The maximum Gasteiger partial charge on any atom is 0.164 e. The first kappa shape index (κ1) is 20.1. The summed E-state index contributed by atoms with van der Waals surface area (Å²) in [6.45, 7) is 4.29. The maximum atomic E-state index is 9.75. The normalized spacial score (nSPS) is 27.5. The molecule has 2 aromatic heterocycles. The van der Waals surface area contributed by atoms with E-state index in [2.05, 4.69) is 56.2 Å². The minimum Gasteiger partial charge on any atom is -0.394 e. The van der Waals surface area contributed by atoms with Gasteiger partial charge < -0.3 is 24.6 Å². The van der Waals surface area contributed by atoms with Gasteiger partial charge in [-0.05, 0) is 66.3 Å². The monoisotopic (exact) mass is 522 g/mol. The third-order valence-corrected chi connectivity index (χ3v) is 6.12. The zero-order chi connectivity index (χ0) is 20.9. The number of anilines is 1. The van der Waals surface area contributed by atoms with Crippen molar-refractivity contribution in [1.82, 2.24) is 14.6 Å². The minimum atomic E-state index is -0.716. The fourth-order valence-electron chi connectivity index (χ4n) is 4.21. The number of aliphatic hydroxyl groups excluding tert-OH is 1. The largest absolute Gasteiger partial charge is 0.394 e. The highest BCUT2D eigenvalue weighted by atomic mass is 127. The van der Waals surface area contributed by atoms with Crippen LogP contribution >= 0.6 is 22.6 Å². The van der Waals surface area contributed by atoms with E-state index in [0.29, 0.717) is 6.54 Å². The summed E-state index contributed by atoms with van der Waals surface area (Å²) in [7, 11) is 0. The van der Waals surface area contributed by atoms with Gasteiger partial charge in [-0.3, -0.25) is 0 Å². The molecular formula is C21H23IN4O4. The van der Waals surface area contributed by atoms with Gasteiger partial charge in [-0.2, -0.15) is 5.10 Å². The second kappa shape index (κ2) is 7.72. The molecule has 2 aliphatic rings. The van der Waals surface area contributed by atoms with Crippen molar-refractivity contribution in [2.45, 2.75) is 50.6 Å². The van der Waals surface area contributed by atoms with E-state index in [4.69, 9.17) is 14.2 Å². The molecule has 0 spiro atoms. The van der Waals surface area contributed by atoms with Gasteiger partial charge in [0.25, 0.3) is 0 Å². The Morgan fingerprint density at radius 2 is 2.03 bits per heavy atom. The molecule has 0 amide bonds. The molecule has 4 atom stereocenters. The van der Waals surface area contributed by atoms with Crippen LogP contribution in [0.15, 0.2) is 42.7 Å². The molecular weight excluding hydrogens is 499 g/mol. The topological polar surface area (TPSA) is 90.1 Å². The molecule has 0 saturated carbocycles. The summed E-state index contributed by atoms with van der Waals surface area (Å²) in [6.07, 6.45) is 0.0650. The molecule has 0 aliphatic carbocycles. The Labute approximate surface area is 187 Å². The summed E-state index contributed by atoms with van der Waals surface area (Å²) in [5, 5.41) is 17.6. The van der Waals surface area contributed by atoms with E-state index >= 15 is 0 Å². The van der Waals surface area contributed by atoms with Crippen molar-refractivity contribution < 1.29 is 19.3 Å². The number of hydrogen-bond acceptors (Lipinski definition) is 7. The lowest BCUT2D eigenvalue weighted by atomic mass is 10.1. The quantitative estimate of drug-likeness (QED) is 0.499. The second-order valence-electron chi connectivity index (χ2n) is 7.99. The Kier molecular flexibility index (Phi) is 5.18. The lowest BCUT2D eigenvalue weighted by Gasteiger charge is -2.23. The number of benzene rings is 1. The number of hydrogen-bond donors (Lipinski definition) is 2. The van der Waals surface area contributed by atoms with Crippen LogP contribution in [-0.4, -0.2) is 50.4 Å². The first-order valence-electron chi connectivity index (χ1n) is 9.88. The van der Waals surface area contributed by atoms with Gasteiger partial charge in [0.2, 0.25) is 0 Å². The number of fused-ring (bicyclic) bond motifs is 2. The van der Waals surface area contributed by atoms with Crippen LogP contribution < -0.4 is 5.32 Å². The first-order valence-corrected chi connectivity index (χ1v) is 11.0. The third-order valence-electron chi connectivity index (χ3n) is 5.45. The van der Waals surface area contributed by atoms with Gasteiger partial charge in [-0.25, -0.2) is 9.50 Å². The van der Waals surface area contributed by atoms with Gasteiger partial charge in [0.1, 0.15) is 36.3 Å². The summed E-state index contributed by atoms with van der Waals surface area (Å²) in [6, 6.07) is 12.3. The Balaban J connectivity index is 1.43. The fourth-order valence-corrected chi connectivity index (χ4v) is 4.81. The molecule has 2 saturated heterocycles. The highest BCUT2D eigenvalue weighted by Gasteiger charge is 2.56. The number of aromatic nitrogens is 3. The molecule has 3 aromatic rings. The highest BCUT2D eigenvalue weighted by Crippen LogP contribution is 2.45. The molecule has 9 heteroatoms. The van der Waals surface area contributed by atoms with Crippen LogP contribution in [0.1, 0.15) is 31.2 Å². The lowest BCUT2D eigenvalue weighted by molar-refractivity contribution is -0.191. The molecule has 2 fully saturated rings. The number of aliphatic hydroxyl groups is 1. The summed E-state index contributed by atoms with van der Waals surface area (Å²) in [4.78, 5) is 4.42. The fraction of sp³-hybridized carbons (Fsp3) is 0.429. The number of rotatable bonds is 5. The van der Waals surface area contributed by atoms with Crippen LogP contribution in [0.4, 0.5) is 5.82 Å². The zero-order valence-corrected chi connectivity index (χ0v) is 18.8. The van der Waals surface area contributed by atoms with Crippen LogP contribution in [0, 0.1) is 3.57 Å². The van der Waals surface area contributed by atoms with Gasteiger partial charge in [0, 0.05) is 10.1 Å². The first-order chi connectivity index (χ1) is 14.4. The molecule has 5 rings (SSSR count). The number of nitrogens with zero attached hydrogens (tertiary/aromatic N) is 3. The Bertz CT molecular complexity index is 1070. The Morgan fingerprint density at radius 3 is 2.83 bits per heavy atom. The van der Waals surface area contributed by atoms with Crippen molar-refractivity contribution in [3.05, 3.63) is 57.6 Å². The van der Waals surface area contributed by atoms with E-state index < -0.39 is 18.0 Å². The van der Waals surface area contributed by atoms with Crippen LogP contribution in [0.5, 0.6) is 0 Å². The average Bonchev–Trinajstić information content (AvgIpc) is 3.37. The van der Waals surface area contributed by atoms with Gasteiger partial charge in [-0.1, -0.05) is 12.1 Å². The molecule has 158 valence electrons. The standard InChI is InChI=1S/C21H23IN4O4/c1-21(2)29-18-16(10-27)28-17(19(18)30-21)14-6-7-15-20(24-11-25-26(14)15)23-9-12-4-3-5-13(22)8-12/h3-8,11,16-19,27H,9-10H2,1-2H3,(H,23,24,25)/t16-,17+,18-,19+/m1/s1. The van der Waals surface area contributed by atoms with Crippen molar-refractivity contribution in [2.24, 2.45) is 0 Å². The van der Waals surface area contributed by atoms with Crippen LogP contribution in [0.2, 0.25) is 0 Å². The van der Waals surface area contributed by atoms with Gasteiger partial charge in [0.15, 0.2) is 11.6 Å². The van der Waals surface area contributed by atoms with Gasteiger partial charge >= 0.3 is 0 Å². The van der Waals surface area contributed by atoms with E-state index in [1.54, 1.807) is 0 Å². The average molecular weight is 522 g/mol. The second-order valence-corrected chi connectivity index (χ2v) is 9.24. The SMILES string of the molecule is CC1(C)O[C@@H]2[C@H](O1)[C@@H](CO)O[C@H]2c1ccc2c(NCc3cccc(I)c3)ncnn12. The van der Waals surface area contributed by atoms with E-state index in [9.17, 15) is 5.11 Å². The molecule has 2 N–H and O–H groups in total. The van der Waals surface area contributed by atoms with Gasteiger partial charge in [-0.15, -0.1) is 0 Å². The number of ether oxygens (including phenoxy) is 3. The van der Waals surface area contributed by atoms with Crippen molar-refractivity contribution in [3.8, 4) is 0 Å². The molecule has 0 unspecified atom stereocenters. The number of nitrogens with one attached hydrogen (secondary N) is 1. The van der Waals surface area contributed by atoms with E-state index in [1.165, 1.54) is 15.5 Å². The Morgan fingerprint density at radius 1 is 1.20 bits per heavy atom. The van der Waals surface area contributed by atoms with Crippen molar-refractivity contribution in [3.63, 3.8) is 0 Å². The van der Waals surface area contributed by atoms with Crippen LogP contribution in [0.3, 0.4) is 0 Å². The van der Waals surface area contributed by atoms with Gasteiger partial charge in [0.05, 0.1) is 12.3 Å². The molecule has 8 nitrogen and oxygen atoms in total. The molecule has 2 aliphatic heterocycles. The van der Waals surface area contributed by atoms with E-state index in [0.717, 1.165) is 17.0 Å². The van der Waals surface area contributed by atoms with Crippen molar-refractivity contribution in [2.75, 3.05) is 11.9 Å².